The summed E-state index contributed by atoms with van der Waals surface area (Å²) in [6.07, 6.45) is 2.90. The summed E-state index contributed by atoms with van der Waals surface area (Å²) in [5.41, 5.74) is 1.78. The van der Waals surface area contributed by atoms with Crippen LogP contribution < -0.4 is 0 Å². The SMILES string of the molecule is COCC1=CCN(C(=O)c2cccc(Br)c2Cl)CC1. The quantitative estimate of drug-likeness (QED) is 0.785. The summed E-state index contributed by atoms with van der Waals surface area (Å²) in [5, 5.41) is 0.471. The number of nitrogens with zero attached hydrogens (tertiary/aromatic N) is 1. The van der Waals surface area contributed by atoms with E-state index in [1.165, 1.54) is 5.57 Å². The average Bonchev–Trinajstić information content (AvgIpc) is 2.42. The lowest BCUT2D eigenvalue weighted by molar-refractivity contribution is 0.0765. The van der Waals surface area contributed by atoms with E-state index in [2.05, 4.69) is 22.0 Å². The number of methoxy groups -OCH3 is 1. The van der Waals surface area contributed by atoms with Gasteiger partial charge in [-0.25, -0.2) is 0 Å². The third-order valence-electron chi connectivity index (χ3n) is 3.10. The maximum absolute atomic E-state index is 12.4. The highest BCUT2D eigenvalue weighted by molar-refractivity contribution is 9.10. The Morgan fingerprint density at radius 2 is 2.32 bits per heavy atom. The highest BCUT2D eigenvalue weighted by atomic mass is 79.9. The molecule has 0 aromatic heterocycles. The summed E-state index contributed by atoms with van der Waals surface area (Å²) in [7, 11) is 1.68. The van der Waals surface area contributed by atoms with E-state index in [1.54, 1.807) is 18.1 Å². The smallest absolute Gasteiger partial charge is 0.255 e. The van der Waals surface area contributed by atoms with E-state index < -0.39 is 0 Å². The Balaban J connectivity index is 2.12. The minimum Gasteiger partial charge on any atom is -0.380 e. The number of ether oxygens (including phenoxy) is 1. The molecule has 1 aromatic rings. The number of benzene rings is 1. The van der Waals surface area contributed by atoms with Crippen molar-refractivity contribution in [2.75, 3.05) is 26.8 Å². The second-order valence-corrected chi connectivity index (χ2v) is 5.63. The number of carbonyl (C=O) groups is 1. The molecule has 0 unspecified atom stereocenters. The van der Waals surface area contributed by atoms with Crippen molar-refractivity contribution in [1.82, 2.24) is 4.90 Å². The Labute approximate surface area is 126 Å². The minimum atomic E-state index is -0.0287. The predicted octanol–water partition coefficient (Wildman–Crippen LogP) is 3.52. The second kappa shape index (κ2) is 6.55. The van der Waals surface area contributed by atoms with Gasteiger partial charge in [-0.3, -0.25) is 4.79 Å². The van der Waals surface area contributed by atoms with Crippen molar-refractivity contribution in [2.24, 2.45) is 0 Å². The molecule has 19 heavy (non-hydrogen) atoms. The topological polar surface area (TPSA) is 29.5 Å². The Bertz CT molecular complexity index is 516. The minimum absolute atomic E-state index is 0.0287. The van der Waals surface area contributed by atoms with Crippen LogP contribution in [0, 0.1) is 0 Å². The van der Waals surface area contributed by atoms with Crippen LogP contribution in [0.3, 0.4) is 0 Å². The van der Waals surface area contributed by atoms with Crippen molar-refractivity contribution >= 4 is 33.4 Å². The van der Waals surface area contributed by atoms with Gasteiger partial charge in [0.05, 0.1) is 17.2 Å². The van der Waals surface area contributed by atoms with Gasteiger partial charge >= 0.3 is 0 Å². The number of carbonyl (C=O) groups excluding carboxylic acids is 1. The van der Waals surface area contributed by atoms with Crippen molar-refractivity contribution in [3.05, 3.63) is 44.9 Å². The summed E-state index contributed by atoms with van der Waals surface area (Å²) in [4.78, 5) is 14.2. The first kappa shape index (κ1) is 14.6. The molecule has 5 heteroatoms. The van der Waals surface area contributed by atoms with Crippen LogP contribution in [0.4, 0.5) is 0 Å². The summed E-state index contributed by atoms with van der Waals surface area (Å²) >= 11 is 9.49. The molecule has 0 spiro atoms. The lowest BCUT2D eigenvalue weighted by Crippen LogP contribution is -2.35. The zero-order valence-electron chi connectivity index (χ0n) is 10.7. The van der Waals surface area contributed by atoms with E-state index in [0.29, 0.717) is 30.3 Å². The van der Waals surface area contributed by atoms with E-state index >= 15 is 0 Å². The van der Waals surface area contributed by atoms with E-state index in [9.17, 15) is 4.79 Å². The molecule has 1 amide bonds. The van der Waals surface area contributed by atoms with Crippen molar-refractivity contribution in [3.63, 3.8) is 0 Å². The highest BCUT2D eigenvalue weighted by Crippen LogP contribution is 2.27. The Morgan fingerprint density at radius 1 is 1.53 bits per heavy atom. The molecule has 3 nitrogen and oxygen atoms in total. The first-order valence-corrected chi connectivity index (χ1v) is 7.20. The van der Waals surface area contributed by atoms with Crippen molar-refractivity contribution in [2.45, 2.75) is 6.42 Å². The molecule has 0 fully saturated rings. The van der Waals surface area contributed by atoms with Crippen LogP contribution in [-0.4, -0.2) is 37.6 Å². The summed E-state index contributed by atoms with van der Waals surface area (Å²) in [6, 6.07) is 5.40. The fourth-order valence-corrected chi connectivity index (χ4v) is 2.62. The van der Waals surface area contributed by atoms with Gasteiger partial charge in [-0.1, -0.05) is 23.7 Å². The van der Waals surface area contributed by atoms with Gasteiger partial charge in [0.1, 0.15) is 0 Å². The molecule has 0 saturated carbocycles. The Morgan fingerprint density at radius 3 is 2.95 bits per heavy atom. The highest BCUT2D eigenvalue weighted by Gasteiger charge is 2.21. The molecule has 1 heterocycles. The number of hydrogen-bond donors (Lipinski definition) is 0. The first-order valence-electron chi connectivity index (χ1n) is 6.03. The molecule has 0 radical (unpaired) electrons. The molecule has 1 aliphatic rings. The third-order valence-corrected chi connectivity index (χ3v) is 4.40. The Hall–Kier alpha value is -0.840. The largest absolute Gasteiger partial charge is 0.380 e. The predicted molar refractivity (Wildman–Crippen MR) is 79.6 cm³/mol. The fourth-order valence-electron chi connectivity index (χ4n) is 2.05. The van der Waals surface area contributed by atoms with Crippen LogP contribution in [0.5, 0.6) is 0 Å². The van der Waals surface area contributed by atoms with Gasteiger partial charge in [0.25, 0.3) is 5.91 Å². The molecule has 2 rings (SSSR count). The summed E-state index contributed by atoms with van der Waals surface area (Å²) < 4.78 is 5.84. The van der Waals surface area contributed by atoms with Crippen LogP contribution >= 0.6 is 27.5 Å². The zero-order chi connectivity index (χ0) is 13.8. The van der Waals surface area contributed by atoms with Crippen LogP contribution in [0.2, 0.25) is 5.02 Å². The lowest BCUT2D eigenvalue weighted by atomic mass is 10.1. The van der Waals surface area contributed by atoms with Gasteiger partial charge in [0, 0.05) is 24.7 Å². The molecule has 0 bridgehead atoms. The monoisotopic (exact) mass is 343 g/mol. The zero-order valence-corrected chi connectivity index (χ0v) is 13.0. The standard InChI is InChI=1S/C14H15BrClNO2/c1-19-9-10-5-7-17(8-6-10)14(18)11-3-2-4-12(15)13(11)16/h2-5H,6-9H2,1H3. The van der Waals surface area contributed by atoms with Gasteiger partial charge in [-0.2, -0.15) is 0 Å². The molecule has 0 atom stereocenters. The maximum atomic E-state index is 12.4. The van der Waals surface area contributed by atoms with E-state index in [4.69, 9.17) is 16.3 Å². The van der Waals surface area contributed by atoms with Crippen LogP contribution in [0.1, 0.15) is 16.8 Å². The molecular formula is C14H15BrClNO2. The molecular weight excluding hydrogens is 330 g/mol. The van der Waals surface area contributed by atoms with Gasteiger partial charge in [0.15, 0.2) is 0 Å². The van der Waals surface area contributed by atoms with Gasteiger partial charge in [-0.15, -0.1) is 0 Å². The number of hydrogen-bond acceptors (Lipinski definition) is 2. The third kappa shape index (κ3) is 3.38. The average molecular weight is 345 g/mol. The number of halogens is 2. The van der Waals surface area contributed by atoms with E-state index in [-0.39, 0.29) is 5.91 Å². The summed E-state index contributed by atoms with van der Waals surface area (Å²) in [6.45, 7) is 1.96. The molecule has 102 valence electrons. The summed E-state index contributed by atoms with van der Waals surface area (Å²) in [5.74, 6) is -0.0287. The fraction of sp³-hybridized carbons (Fsp3) is 0.357. The normalized spacial score (nSPS) is 15.3. The molecule has 1 aliphatic heterocycles. The van der Waals surface area contributed by atoms with Crippen LogP contribution in [-0.2, 0) is 4.74 Å². The first-order chi connectivity index (χ1) is 9.13. The van der Waals surface area contributed by atoms with Crippen LogP contribution in [0.25, 0.3) is 0 Å². The van der Waals surface area contributed by atoms with Gasteiger partial charge < -0.3 is 9.64 Å². The van der Waals surface area contributed by atoms with Gasteiger partial charge in [0.2, 0.25) is 0 Å². The second-order valence-electron chi connectivity index (χ2n) is 4.40. The lowest BCUT2D eigenvalue weighted by Gasteiger charge is -2.26. The van der Waals surface area contributed by atoms with Crippen molar-refractivity contribution in [3.8, 4) is 0 Å². The van der Waals surface area contributed by atoms with E-state index in [0.717, 1.165) is 10.9 Å². The number of amides is 1. The molecule has 0 saturated heterocycles. The maximum Gasteiger partial charge on any atom is 0.255 e. The molecule has 0 aliphatic carbocycles. The molecule has 1 aromatic carbocycles. The molecule has 0 N–H and O–H groups in total. The van der Waals surface area contributed by atoms with Crippen molar-refractivity contribution in [1.29, 1.82) is 0 Å². The van der Waals surface area contributed by atoms with Gasteiger partial charge in [-0.05, 0) is 40.1 Å². The van der Waals surface area contributed by atoms with Crippen LogP contribution in [0.15, 0.2) is 34.3 Å². The Kier molecular flexibility index (Phi) is 5.02. The van der Waals surface area contributed by atoms with Crippen molar-refractivity contribution < 1.29 is 9.53 Å². The number of rotatable bonds is 3. The van der Waals surface area contributed by atoms with E-state index in [1.807, 2.05) is 12.1 Å².